The first-order chi connectivity index (χ1) is 6.77. The first kappa shape index (κ1) is 10.8. The van der Waals surface area contributed by atoms with E-state index in [1.807, 2.05) is 12.2 Å². The lowest BCUT2D eigenvalue weighted by atomic mass is 10.1. The van der Waals surface area contributed by atoms with Crippen LogP contribution in [0.4, 0.5) is 0 Å². The van der Waals surface area contributed by atoms with Gasteiger partial charge in [-0.2, -0.15) is 0 Å². The van der Waals surface area contributed by atoms with Gasteiger partial charge in [0, 0.05) is 0 Å². The Bertz CT molecular complexity index is 322. The van der Waals surface area contributed by atoms with Crippen LogP contribution in [0.2, 0.25) is 0 Å². The van der Waals surface area contributed by atoms with Crippen LogP contribution in [-0.2, 0) is 0 Å². The Morgan fingerprint density at radius 3 is 2.86 bits per heavy atom. The Kier molecular flexibility index (Phi) is 4.18. The Morgan fingerprint density at radius 1 is 1.43 bits per heavy atom. The fraction of sp³-hybridized carbons (Fsp3) is 0.286. The largest absolute Gasteiger partial charge is 0.0991 e. The van der Waals surface area contributed by atoms with E-state index in [-0.39, 0.29) is 0 Å². The summed E-state index contributed by atoms with van der Waals surface area (Å²) in [6, 6.07) is 0. The van der Waals surface area contributed by atoms with Gasteiger partial charge in [-0.15, -0.1) is 0 Å². The third-order valence-electron chi connectivity index (χ3n) is 2.40. The van der Waals surface area contributed by atoms with Crippen molar-refractivity contribution in [2.24, 2.45) is 0 Å². The number of rotatable bonds is 3. The third kappa shape index (κ3) is 2.88. The second-order valence-corrected chi connectivity index (χ2v) is 3.45. The van der Waals surface area contributed by atoms with Crippen LogP contribution in [0.25, 0.3) is 0 Å². The maximum Gasteiger partial charge on any atom is -0.0154 e. The fourth-order valence-corrected chi connectivity index (χ4v) is 1.54. The van der Waals surface area contributed by atoms with E-state index in [0.717, 1.165) is 12.8 Å². The van der Waals surface area contributed by atoms with Gasteiger partial charge >= 0.3 is 0 Å². The van der Waals surface area contributed by atoms with Gasteiger partial charge in [0.15, 0.2) is 0 Å². The highest BCUT2D eigenvalue weighted by molar-refractivity contribution is 5.45. The molecular formula is C14H18. The molecule has 0 saturated heterocycles. The summed E-state index contributed by atoms with van der Waals surface area (Å²) < 4.78 is 0. The minimum atomic E-state index is 1.04. The first-order valence-corrected chi connectivity index (χ1v) is 5.15. The Morgan fingerprint density at radius 2 is 2.21 bits per heavy atom. The Balaban J connectivity index is 2.87. The summed E-state index contributed by atoms with van der Waals surface area (Å²) in [7, 11) is 0. The molecule has 0 bridgehead atoms. The molecule has 14 heavy (non-hydrogen) atoms. The van der Waals surface area contributed by atoms with Crippen molar-refractivity contribution in [3.63, 3.8) is 0 Å². The fourth-order valence-electron chi connectivity index (χ4n) is 1.54. The molecule has 1 rings (SSSR count). The topological polar surface area (TPSA) is 0 Å². The zero-order chi connectivity index (χ0) is 10.4. The van der Waals surface area contributed by atoms with E-state index in [4.69, 9.17) is 0 Å². The van der Waals surface area contributed by atoms with Gasteiger partial charge in [-0.3, -0.25) is 0 Å². The molecule has 0 heteroatoms. The molecule has 0 heterocycles. The smallest absolute Gasteiger partial charge is 0.0154 e. The van der Waals surface area contributed by atoms with E-state index in [1.165, 1.54) is 16.7 Å². The quantitative estimate of drug-likeness (QED) is 0.575. The van der Waals surface area contributed by atoms with Gasteiger partial charge in [0.2, 0.25) is 0 Å². The summed E-state index contributed by atoms with van der Waals surface area (Å²) in [6.07, 6.45) is 14.9. The summed E-state index contributed by atoms with van der Waals surface area (Å²) in [6.45, 7) is 8.03. The molecule has 0 aromatic carbocycles. The molecule has 0 unspecified atom stereocenters. The lowest BCUT2D eigenvalue weighted by Gasteiger charge is -2.00. The minimum Gasteiger partial charge on any atom is -0.0991 e. The van der Waals surface area contributed by atoms with Gasteiger partial charge in [-0.1, -0.05) is 55.5 Å². The van der Waals surface area contributed by atoms with Gasteiger partial charge in [0.25, 0.3) is 0 Å². The second-order valence-electron chi connectivity index (χ2n) is 3.45. The summed E-state index contributed by atoms with van der Waals surface area (Å²) in [4.78, 5) is 0. The van der Waals surface area contributed by atoms with Crippen LogP contribution < -0.4 is 0 Å². The van der Waals surface area contributed by atoms with Crippen molar-refractivity contribution in [1.82, 2.24) is 0 Å². The molecule has 0 N–H and O–H groups in total. The molecule has 0 fully saturated rings. The van der Waals surface area contributed by atoms with Crippen LogP contribution >= 0.6 is 0 Å². The van der Waals surface area contributed by atoms with Crippen LogP contribution in [0.5, 0.6) is 0 Å². The van der Waals surface area contributed by atoms with E-state index in [1.54, 1.807) is 0 Å². The maximum atomic E-state index is 3.68. The number of hydrogen-bond acceptors (Lipinski definition) is 0. The SMILES string of the molecule is C=C/C=C\C1=CCC=C(CC)C=C1C. The molecule has 0 nitrogen and oxygen atoms in total. The minimum absolute atomic E-state index is 1.04. The highest BCUT2D eigenvalue weighted by Gasteiger charge is 2.00. The average Bonchev–Trinajstić information content (AvgIpc) is 2.37. The van der Waals surface area contributed by atoms with Crippen molar-refractivity contribution in [3.05, 3.63) is 59.8 Å². The predicted octanol–water partition coefficient (Wildman–Crippen LogP) is 4.34. The molecule has 1 aliphatic rings. The monoisotopic (exact) mass is 186 g/mol. The molecule has 0 aromatic heterocycles. The summed E-state index contributed by atoms with van der Waals surface area (Å²) in [5.41, 5.74) is 4.08. The maximum absolute atomic E-state index is 3.68. The first-order valence-electron chi connectivity index (χ1n) is 5.15. The van der Waals surface area contributed by atoms with Crippen LogP contribution in [0, 0.1) is 0 Å². The third-order valence-corrected chi connectivity index (χ3v) is 2.40. The molecule has 0 saturated carbocycles. The van der Waals surface area contributed by atoms with Crippen LogP contribution in [-0.4, -0.2) is 0 Å². The summed E-state index contributed by atoms with van der Waals surface area (Å²) in [5.74, 6) is 0. The van der Waals surface area contributed by atoms with Crippen molar-refractivity contribution < 1.29 is 0 Å². The summed E-state index contributed by atoms with van der Waals surface area (Å²) in [5, 5.41) is 0. The van der Waals surface area contributed by atoms with Gasteiger partial charge < -0.3 is 0 Å². The zero-order valence-corrected chi connectivity index (χ0v) is 9.09. The normalized spacial score (nSPS) is 17.1. The average molecular weight is 186 g/mol. The van der Waals surface area contributed by atoms with Gasteiger partial charge in [0.05, 0.1) is 0 Å². The van der Waals surface area contributed by atoms with Crippen molar-refractivity contribution in [3.8, 4) is 0 Å². The molecule has 0 radical (unpaired) electrons. The predicted molar refractivity (Wildman–Crippen MR) is 64.2 cm³/mol. The molecular weight excluding hydrogens is 168 g/mol. The van der Waals surface area contributed by atoms with Crippen molar-refractivity contribution in [1.29, 1.82) is 0 Å². The lowest BCUT2D eigenvalue weighted by Crippen LogP contribution is -1.81. The van der Waals surface area contributed by atoms with E-state index in [0.29, 0.717) is 0 Å². The highest BCUT2D eigenvalue weighted by Crippen LogP contribution is 2.20. The van der Waals surface area contributed by atoms with Gasteiger partial charge in [-0.25, -0.2) is 0 Å². The van der Waals surface area contributed by atoms with Crippen LogP contribution in [0.3, 0.4) is 0 Å². The molecule has 0 atom stereocenters. The molecule has 0 spiro atoms. The van der Waals surface area contributed by atoms with E-state index in [2.05, 4.69) is 44.7 Å². The van der Waals surface area contributed by atoms with E-state index >= 15 is 0 Å². The molecule has 0 amide bonds. The van der Waals surface area contributed by atoms with Crippen LogP contribution in [0.15, 0.2) is 59.8 Å². The molecule has 0 aromatic rings. The highest BCUT2D eigenvalue weighted by atomic mass is 14.1. The Hall–Kier alpha value is -1.30. The van der Waals surface area contributed by atoms with E-state index in [9.17, 15) is 0 Å². The molecule has 1 aliphatic carbocycles. The van der Waals surface area contributed by atoms with E-state index < -0.39 is 0 Å². The zero-order valence-electron chi connectivity index (χ0n) is 9.09. The number of allylic oxidation sites excluding steroid dienone is 9. The Labute approximate surface area is 87.0 Å². The second kappa shape index (κ2) is 5.43. The summed E-state index contributed by atoms with van der Waals surface area (Å²) >= 11 is 0. The van der Waals surface area contributed by atoms with Crippen molar-refractivity contribution in [2.75, 3.05) is 0 Å². The number of hydrogen-bond donors (Lipinski definition) is 0. The van der Waals surface area contributed by atoms with Crippen molar-refractivity contribution >= 4 is 0 Å². The van der Waals surface area contributed by atoms with Gasteiger partial charge in [-0.05, 0) is 30.9 Å². The molecule has 74 valence electrons. The van der Waals surface area contributed by atoms with Crippen molar-refractivity contribution in [2.45, 2.75) is 26.7 Å². The molecule has 0 aliphatic heterocycles. The standard InChI is InChI=1S/C14H18/c1-4-6-9-14-10-7-8-13(5-2)11-12(14)3/h4,6,8-11H,1,5,7H2,2-3H3/b9-6-. The van der Waals surface area contributed by atoms with Crippen LogP contribution in [0.1, 0.15) is 26.7 Å². The van der Waals surface area contributed by atoms with Gasteiger partial charge in [0.1, 0.15) is 0 Å². The lowest BCUT2D eigenvalue weighted by molar-refractivity contribution is 1.13.